The van der Waals surface area contributed by atoms with Crippen LogP contribution in [0.15, 0.2) is 29.2 Å². The molecule has 5 nitrogen and oxygen atoms in total. The van der Waals surface area contributed by atoms with E-state index in [9.17, 15) is 8.42 Å². The summed E-state index contributed by atoms with van der Waals surface area (Å²) in [5, 5.41) is 8.58. The first-order chi connectivity index (χ1) is 9.88. The van der Waals surface area contributed by atoms with Crippen LogP contribution in [0.4, 0.5) is 0 Å². The number of sulfonamides is 1. The van der Waals surface area contributed by atoms with Crippen molar-refractivity contribution >= 4 is 10.0 Å². The van der Waals surface area contributed by atoms with Gasteiger partial charge in [0.05, 0.1) is 4.90 Å². The number of rotatable bonds is 9. The van der Waals surface area contributed by atoms with Gasteiger partial charge in [-0.2, -0.15) is 0 Å². The normalized spacial score (nSPS) is 13.6. The maximum atomic E-state index is 11.4. The Balaban J connectivity index is 2.51. The molecule has 0 saturated carbocycles. The lowest BCUT2D eigenvalue weighted by Gasteiger charge is -2.19. The summed E-state index contributed by atoms with van der Waals surface area (Å²) in [4.78, 5) is 2.55. The minimum absolute atomic E-state index is 0.100. The fourth-order valence-electron chi connectivity index (χ4n) is 2.24. The van der Waals surface area contributed by atoms with Crippen molar-refractivity contribution in [2.24, 2.45) is 5.14 Å². The maximum absolute atomic E-state index is 11.4. The first-order valence-electron chi connectivity index (χ1n) is 7.47. The molecule has 6 heteroatoms. The van der Waals surface area contributed by atoms with Crippen molar-refractivity contribution in [2.75, 3.05) is 26.2 Å². The predicted octanol–water partition coefficient (Wildman–Crippen LogP) is 1.72. The summed E-state index contributed by atoms with van der Waals surface area (Å²) in [7, 11) is -3.64. The summed E-state index contributed by atoms with van der Waals surface area (Å²) in [6, 6.07) is 6.90. The molecule has 1 atom stereocenters. The molecule has 3 N–H and O–H groups in total. The van der Waals surface area contributed by atoms with Crippen molar-refractivity contribution in [1.29, 1.82) is 0 Å². The summed E-state index contributed by atoms with van der Waals surface area (Å²) >= 11 is 0. The number of nitrogens with two attached hydrogens (primary N) is 1. The SMILES string of the molecule is CCN(CC)CCCNC(C)c1cccc(S(N)(=O)=O)c1. The van der Waals surface area contributed by atoms with Gasteiger partial charge in [0, 0.05) is 6.04 Å². The van der Waals surface area contributed by atoms with E-state index in [2.05, 4.69) is 24.1 Å². The summed E-state index contributed by atoms with van der Waals surface area (Å²) in [5.74, 6) is 0. The molecule has 1 aromatic rings. The number of hydrogen-bond donors (Lipinski definition) is 2. The molecule has 0 bridgehead atoms. The average Bonchev–Trinajstić information content (AvgIpc) is 2.46. The predicted molar refractivity (Wildman–Crippen MR) is 86.6 cm³/mol. The van der Waals surface area contributed by atoms with Gasteiger partial charge in [-0.05, 0) is 57.2 Å². The zero-order valence-electron chi connectivity index (χ0n) is 13.2. The Bertz CT molecular complexity index is 527. The third-order valence-corrected chi connectivity index (χ3v) is 4.59. The van der Waals surface area contributed by atoms with Gasteiger partial charge in [-0.25, -0.2) is 13.6 Å². The van der Waals surface area contributed by atoms with Crippen molar-refractivity contribution in [2.45, 2.75) is 38.1 Å². The van der Waals surface area contributed by atoms with E-state index < -0.39 is 10.0 Å². The molecule has 0 spiro atoms. The summed E-state index contributed by atoms with van der Waals surface area (Å²) < 4.78 is 22.7. The molecule has 0 aromatic heterocycles. The van der Waals surface area contributed by atoms with Gasteiger partial charge >= 0.3 is 0 Å². The lowest BCUT2D eigenvalue weighted by atomic mass is 10.1. The molecule has 0 aliphatic rings. The van der Waals surface area contributed by atoms with Gasteiger partial charge in [-0.1, -0.05) is 26.0 Å². The Morgan fingerprint density at radius 2 is 1.95 bits per heavy atom. The summed E-state index contributed by atoms with van der Waals surface area (Å²) in [6.07, 6.45) is 1.07. The van der Waals surface area contributed by atoms with Crippen LogP contribution in [0.3, 0.4) is 0 Å². The Labute approximate surface area is 128 Å². The number of hydrogen-bond acceptors (Lipinski definition) is 4. The molecule has 0 aliphatic carbocycles. The Hall–Kier alpha value is -0.950. The maximum Gasteiger partial charge on any atom is 0.238 e. The fraction of sp³-hybridized carbons (Fsp3) is 0.600. The Kier molecular flexibility index (Phi) is 7.31. The van der Waals surface area contributed by atoms with Gasteiger partial charge in [-0.3, -0.25) is 0 Å². The smallest absolute Gasteiger partial charge is 0.238 e. The molecule has 0 amide bonds. The van der Waals surface area contributed by atoms with Crippen LogP contribution in [-0.4, -0.2) is 39.5 Å². The van der Waals surface area contributed by atoms with Crippen LogP contribution in [0.25, 0.3) is 0 Å². The average molecular weight is 313 g/mol. The molecule has 0 saturated heterocycles. The minimum Gasteiger partial charge on any atom is -0.310 e. The van der Waals surface area contributed by atoms with Gasteiger partial charge in [0.2, 0.25) is 10.0 Å². The highest BCUT2D eigenvalue weighted by atomic mass is 32.2. The second-order valence-electron chi connectivity index (χ2n) is 5.17. The van der Waals surface area contributed by atoms with E-state index in [1.54, 1.807) is 12.1 Å². The van der Waals surface area contributed by atoms with Crippen LogP contribution in [-0.2, 0) is 10.0 Å². The number of benzene rings is 1. The van der Waals surface area contributed by atoms with Crippen molar-refractivity contribution in [3.63, 3.8) is 0 Å². The molecule has 1 unspecified atom stereocenters. The zero-order chi connectivity index (χ0) is 15.9. The molecule has 1 rings (SSSR count). The van der Waals surface area contributed by atoms with Crippen LogP contribution in [0, 0.1) is 0 Å². The van der Waals surface area contributed by atoms with E-state index in [1.165, 1.54) is 6.07 Å². The Morgan fingerprint density at radius 3 is 2.52 bits per heavy atom. The monoisotopic (exact) mass is 313 g/mol. The lowest BCUT2D eigenvalue weighted by molar-refractivity contribution is 0.296. The van der Waals surface area contributed by atoms with E-state index in [1.807, 2.05) is 13.0 Å². The minimum atomic E-state index is -3.64. The topological polar surface area (TPSA) is 75.4 Å². The molecular weight excluding hydrogens is 286 g/mol. The number of nitrogens with one attached hydrogen (secondary N) is 1. The second-order valence-corrected chi connectivity index (χ2v) is 6.74. The first kappa shape index (κ1) is 18.1. The molecule has 0 fully saturated rings. The summed E-state index contributed by atoms with van der Waals surface area (Å²) in [5.41, 5.74) is 0.935. The lowest BCUT2D eigenvalue weighted by Crippen LogP contribution is -2.28. The standard InChI is InChI=1S/C15H27N3O2S/c1-4-18(5-2)11-7-10-17-13(3)14-8-6-9-15(12-14)21(16,19)20/h6,8-9,12-13,17H,4-5,7,10-11H2,1-3H3,(H2,16,19,20). The van der Waals surface area contributed by atoms with E-state index in [-0.39, 0.29) is 10.9 Å². The largest absolute Gasteiger partial charge is 0.310 e. The fourth-order valence-corrected chi connectivity index (χ4v) is 2.81. The second kappa shape index (κ2) is 8.48. The van der Waals surface area contributed by atoms with Crippen LogP contribution >= 0.6 is 0 Å². The molecule has 0 heterocycles. The highest BCUT2D eigenvalue weighted by Gasteiger charge is 2.11. The molecule has 21 heavy (non-hydrogen) atoms. The highest BCUT2D eigenvalue weighted by Crippen LogP contribution is 2.16. The van der Waals surface area contributed by atoms with Crippen LogP contribution < -0.4 is 10.5 Å². The number of primary sulfonamides is 1. The van der Waals surface area contributed by atoms with Crippen molar-refractivity contribution in [3.8, 4) is 0 Å². The van der Waals surface area contributed by atoms with Crippen LogP contribution in [0.1, 0.15) is 38.8 Å². The van der Waals surface area contributed by atoms with Crippen LogP contribution in [0.5, 0.6) is 0 Å². The molecular formula is C15H27N3O2S. The van der Waals surface area contributed by atoms with Gasteiger partial charge in [-0.15, -0.1) is 0 Å². The van der Waals surface area contributed by atoms with Gasteiger partial charge < -0.3 is 10.2 Å². The zero-order valence-corrected chi connectivity index (χ0v) is 14.0. The van der Waals surface area contributed by atoms with E-state index in [0.29, 0.717) is 0 Å². The quantitative estimate of drug-likeness (QED) is 0.681. The third kappa shape index (κ3) is 6.13. The molecule has 120 valence electrons. The van der Waals surface area contributed by atoms with Gasteiger partial charge in [0.25, 0.3) is 0 Å². The molecule has 1 aromatic carbocycles. The van der Waals surface area contributed by atoms with E-state index in [0.717, 1.165) is 38.2 Å². The van der Waals surface area contributed by atoms with Gasteiger partial charge in [0.1, 0.15) is 0 Å². The van der Waals surface area contributed by atoms with Crippen molar-refractivity contribution < 1.29 is 8.42 Å². The number of nitrogens with zero attached hydrogens (tertiary/aromatic N) is 1. The van der Waals surface area contributed by atoms with Crippen molar-refractivity contribution in [1.82, 2.24) is 10.2 Å². The Morgan fingerprint density at radius 1 is 1.29 bits per heavy atom. The van der Waals surface area contributed by atoms with Crippen molar-refractivity contribution in [3.05, 3.63) is 29.8 Å². The third-order valence-electron chi connectivity index (χ3n) is 3.68. The van der Waals surface area contributed by atoms with Crippen LogP contribution in [0.2, 0.25) is 0 Å². The molecule has 0 aliphatic heterocycles. The van der Waals surface area contributed by atoms with E-state index in [4.69, 9.17) is 5.14 Å². The van der Waals surface area contributed by atoms with Gasteiger partial charge in [0.15, 0.2) is 0 Å². The highest BCUT2D eigenvalue weighted by molar-refractivity contribution is 7.89. The molecule has 0 radical (unpaired) electrons. The summed E-state index contributed by atoms with van der Waals surface area (Å²) in [6.45, 7) is 10.5. The van der Waals surface area contributed by atoms with E-state index >= 15 is 0 Å². The first-order valence-corrected chi connectivity index (χ1v) is 9.01.